The van der Waals surface area contributed by atoms with Crippen LogP contribution in [0.2, 0.25) is 0 Å². The fourth-order valence-electron chi connectivity index (χ4n) is 4.35. The van der Waals surface area contributed by atoms with E-state index in [-0.39, 0.29) is 5.60 Å². The zero-order valence-electron chi connectivity index (χ0n) is 15.4. The van der Waals surface area contributed by atoms with Crippen LogP contribution in [0.15, 0.2) is 29.2 Å². The number of rotatable bonds is 5. The molecule has 0 bridgehead atoms. The second-order valence-electron chi connectivity index (χ2n) is 7.63. The molecule has 6 nitrogen and oxygen atoms in total. The first kappa shape index (κ1) is 18.2. The molecule has 0 aromatic heterocycles. The van der Waals surface area contributed by atoms with Gasteiger partial charge in [-0.15, -0.1) is 0 Å². The lowest BCUT2D eigenvalue weighted by Gasteiger charge is -2.46. The Morgan fingerprint density at radius 2 is 1.85 bits per heavy atom. The van der Waals surface area contributed by atoms with Gasteiger partial charge in [0.15, 0.2) is 0 Å². The third kappa shape index (κ3) is 3.38. The molecular weight excluding hydrogens is 352 g/mol. The first-order chi connectivity index (χ1) is 12.5. The second-order valence-corrected chi connectivity index (χ2v) is 9.56. The molecule has 0 aliphatic carbocycles. The van der Waals surface area contributed by atoms with E-state index >= 15 is 0 Å². The first-order valence-electron chi connectivity index (χ1n) is 9.63. The molecule has 1 atom stereocenters. The fourth-order valence-corrected chi connectivity index (χ4v) is 5.94. The van der Waals surface area contributed by atoms with Gasteiger partial charge in [0, 0.05) is 19.1 Å². The molecule has 3 fully saturated rings. The number of likely N-dealkylation sites (tertiary alicyclic amines) is 1. The van der Waals surface area contributed by atoms with E-state index in [0.717, 1.165) is 26.1 Å². The summed E-state index contributed by atoms with van der Waals surface area (Å²) in [6, 6.07) is 7.12. The van der Waals surface area contributed by atoms with Gasteiger partial charge in [0.05, 0.1) is 23.7 Å². The molecular formula is C19H28N2O4S. The number of benzene rings is 1. The van der Waals surface area contributed by atoms with E-state index < -0.39 is 10.0 Å². The smallest absolute Gasteiger partial charge is 0.243 e. The molecule has 3 saturated heterocycles. The number of nitrogens with zero attached hydrogens (tertiary/aromatic N) is 2. The zero-order chi connectivity index (χ0) is 18.2. The van der Waals surface area contributed by atoms with Crippen molar-refractivity contribution in [2.24, 2.45) is 0 Å². The molecule has 3 aliphatic heterocycles. The van der Waals surface area contributed by atoms with Crippen LogP contribution in [0.25, 0.3) is 0 Å². The summed E-state index contributed by atoms with van der Waals surface area (Å²) < 4.78 is 38.7. The summed E-state index contributed by atoms with van der Waals surface area (Å²) >= 11 is 0. The maximum absolute atomic E-state index is 12.8. The lowest BCUT2D eigenvalue weighted by Crippen LogP contribution is -2.63. The summed E-state index contributed by atoms with van der Waals surface area (Å²) in [5.74, 6) is 0.690. The summed E-state index contributed by atoms with van der Waals surface area (Å²) in [4.78, 5) is 2.85. The van der Waals surface area contributed by atoms with Crippen molar-refractivity contribution < 1.29 is 17.9 Å². The predicted molar refractivity (Wildman–Crippen MR) is 98.9 cm³/mol. The Bertz CT molecular complexity index is 722. The molecule has 1 aromatic rings. The van der Waals surface area contributed by atoms with E-state index in [1.807, 2.05) is 6.92 Å². The van der Waals surface area contributed by atoms with Crippen LogP contribution in [0.4, 0.5) is 0 Å². The third-order valence-corrected chi connectivity index (χ3v) is 7.60. The van der Waals surface area contributed by atoms with Gasteiger partial charge in [-0.05, 0) is 63.5 Å². The van der Waals surface area contributed by atoms with Crippen LogP contribution < -0.4 is 4.74 Å². The molecule has 0 N–H and O–H groups in total. The molecule has 0 saturated carbocycles. The van der Waals surface area contributed by atoms with Crippen LogP contribution in [0.1, 0.15) is 32.6 Å². The molecule has 1 spiro atoms. The molecule has 7 heteroatoms. The average Bonchev–Trinajstić information content (AvgIpc) is 3.08. The molecule has 0 amide bonds. The van der Waals surface area contributed by atoms with E-state index in [0.29, 0.717) is 36.4 Å². The molecule has 3 heterocycles. The number of piperidine rings is 1. The monoisotopic (exact) mass is 380 g/mol. The average molecular weight is 381 g/mol. The highest BCUT2D eigenvalue weighted by Gasteiger charge is 2.54. The van der Waals surface area contributed by atoms with Crippen LogP contribution in [-0.2, 0) is 14.8 Å². The van der Waals surface area contributed by atoms with Crippen molar-refractivity contribution in [1.82, 2.24) is 9.21 Å². The third-order valence-electron chi connectivity index (χ3n) is 5.80. The minimum Gasteiger partial charge on any atom is -0.494 e. The SMILES string of the molecule is CCOc1ccc(S(=O)(=O)N2CC3(CC(N4CCCCC4)CO3)C2)cc1. The van der Waals surface area contributed by atoms with Crippen molar-refractivity contribution in [1.29, 1.82) is 0 Å². The van der Waals surface area contributed by atoms with Crippen LogP contribution in [-0.4, -0.2) is 68.7 Å². The Balaban J connectivity index is 1.37. The topological polar surface area (TPSA) is 59.1 Å². The van der Waals surface area contributed by atoms with Crippen molar-refractivity contribution >= 4 is 10.0 Å². The molecule has 144 valence electrons. The van der Waals surface area contributed by atoms with Crippen LogP contribution in [0.5, 0.6) is 5.75 Å². The Morgan fingerprint density at radius 1 is 1.15 bits per heavy atom. The van der Waals surface area contributed by atoms with E-state index in [9.17, 15) is 8.42 Å². The van der Waals surface area contributed by atoms with Crippen LogP contribution >= 0.6 is 0 Å². The van der Waals surface area contributed by atoms with Gasteiger partial charge in [0.25, 0.3) is 0 Å². The van der Waals surface area contributed by atoms with Crippen molar-refractivity contribution in [3.05, 3.63) is 24.3 Å². The number of ether oxygens (including phenoxy) is 2. The molecule has 1 unspecified atom stereocenters. The minimum absolute atomic E-state index is 0.277. The second kappa shape index (κ2) is 7.11. The molecule has 4 rings (SSSR count). The highest BCUT2D eigenvalue weighted by Crippen LogP contribution is 2.40. The standard InChI is InChI=1S/C19H28N2O4S/c1-2-24-17-6-8-18(9-7-17)26(22,23)21-14-19(15-21)12-16(13-25-19)20-10-4-3-5-11-20/h6-9,16H,2-5,10-15H2,1H3. The molecule has 1 aromatic carbocycles. The van der Waals surface area contributed by atoms with E-state index in [1.54, 1.807) is 28.6 Å². The Labute approximate surface area is 156 Å². The molecule has 3 aliphatic rings. The zero-order valence-corrected chi connectivity index (χ0v) is 16.2. The molecule has 26 heavy (non-hydrogen) atoms. The largest absolute Gasteiger partial charge is 0.494 e. The number of hydrogen-bond acceptors (Lipinski definition) is 5. The van der Waals surface area contributed by atoms with Gasteiger partial charge < -0.3 is 9.47 Å². The van der Waals surface area contributed by atoms with E-state index in [4.69, 9.17) is 9.47 Å². The van der Waals surface area contributed by atoms with Crippen molar-refractivity contribution in [2.45, 2.75) is 49.1 Å². The normalized spacial score (nSPS) is 26.7. The predicted octanol–water partition coefficient (Wildman–Crippen LogP) is 2.10. The van der Waals surface area contributed by atoms with Gasteiger partial charge >= 0.3 is 0 Å². The van der Waals surface area contributed by atoms with Crippen molar-refractivity contribution in [2.75, 3.05) is 39.4 Å². The summed E-state index contributed by atoms with van der Waals surface area (Å²) in [7, 11) is -3.46. The lowest BCUT2D eigenvalue weighted by molar-refractivity contribution is -0.0774. The van der Waals surface area contributed by atoms with Crippen LogP contribution in [0.3, 0.4) is 0 Å². The Morgan fingerprint density at radius 3 is 2.50 bits per heavy atom. The molecule has 0 radical (unpaired) electrons. The Hall–Kier alpha value is -1.15. The van der Waals surface area contributed by atoms with Gasteiger partial charge in [-0.25, -0.2) is 8.42 Å². The van der Waals surface area contributed by atoms with Gasteiger partial charge in [-0.3, -0.25) is 4.90 Å². The van der Waals surface area contributed by atoms with E-state index in [1.165, 1.54) is 19.3 Å². The summed E-state index contributed by atoms with van der Waals surface area (Å²) in [5, 5.41) is 0. The first-order valence-corrected chi connectivity index (χ1v) is 11.1. The maximum Gasteiger partial charge on any atom is 0.243 e. The van der Waals surface area contributed by atoms with Gasteiger partial charge in [-0.1, -0.05) is 6.42 Å². The van der Waals surface area contributed by atoms with Gasteiger partial charge in [0.1, 0.15) is 5.75 Å². The summed E-state index contributed by atoms with van der Waals surface area (Å²) in [6.07, 6.45) is 4.80. The number of hydrogen-bond donors (Lipinski definition) is 0. The van der Waals surface area contributed by atoms with Crippen molar-refractivity contribution in [3.63, 3.8) is 0 Å². The highest BCUT2D eigenvalue weighted by atomic mass is 32.2. The fraction of sp³-hybridized carbons (Fsp3) is 0.684. The van der Waals surface area contributed by atoms with Crippen molar-refractivity contribution in [3.8, 4) is 5.75 Å². The quantitative estimate of drug-likeness (QED) is 0.783. The summed E-state index contributed by atoms with van der Waals surface area (Å²) in [6.45, 7) is 6.44. The van der Waals surface area contributed by atoms with Gasteiger partial charge in [0.2, 0.25) is 10.0 Å². The van der Waals surface area contributed by atoms with Gasteiger partial charge in [-0.2, -0.15) is 4.31 Å². The van der Waals surface area contributed by atoms with E-state index in [2.05, 4.69) is 4.90 Å². The summed E-state index contributed by atoms with van der Waals surface area (Å²) in [5.41, 5.74) is -0.277. The lowest BCUT2D eigenvalue weighted by atomic mass is 9.91. The number of sulfonamides is 1. The maximum atomic E-state index is 12.8. The Kier molecular flexibility index (Phi) is 4.98. The highest BCUT2D eigenvalue weighted by molar-refractivity contribution is 7.89. The minimum atomic E-state index is -3.46. The van der Waals surface area contributed by atoms with Crippen LogP contribution in [0, 0.1) is 0 Å².